The summed E-state index contributed by atoms with van der Waals surface area (Å²) < 4.78 is 0. The van der Waals surface area contributed by atoms with Crippen LogP contribution in [-0.2, 0) is 6.42 Å². The van der Waals surface area contributed by atoms with E-state index in [4.69, 9.17) is 0 Å². The van der Waals surface area contributed by atoms with Gasteiger partial charge in [-0.15, -0.1) is 12.4 Å². The number of nitrogens with one attached hydrogen (secondary N) is 1. The van der Waals surface area contributed by atoms with Gasteiger partial charge in [0, 0.05) is 19.1 Å². The molecule has 0 bridgehead atoms. The number of aliphatic hydroxyl groups is 1. The Kier molecular flexibility index (Phi) is 6.49. The molecule has 3 nitrogen and oxygen atoms in total. The van der Waals surface area contributed by atoms with Crippen LogP contribution in [0.2, 0.25) is 0 Å². The molecule has 0 amide bonds. The van der Waals surface area contributed by atoms with Gasteiger partial charge in [0.1, 0.15) is 0 Å². The zero-order valence-electron chi connectivity index (χ0n) is 12.6. The Labute approximate surface area is 134 Å². The molecule has 4 heteroatoms. The van der Waals surface area contributed by atoms with E-state index in [9.17, 15) is 5.11 Å². The van der Waals surface area contributed by atoms with Crippen LogP contribution in [0.5, 0.6) is 0 Å². The van der Waals surface area contributed by atoms with E-state index in [1.807, 2.05) is 0 Å². The summed E-state index contributed by atoms with van der Waals surface area (Å²) in [6.45, 7) is 4.52. The molecule has 1 aromatic carbocycles. The minimum absolute atomic E-state index is 0. The molecule has 1 fully saturated rings. The molecule has 1 heterocycles. The summed E-state index contributed by atoms with van der Waals surface area (Å²) in [6, 6.07) is 9.35. The van der Waals surface area contributed by atoms with Crippen molar-refractivity contribution in [2.45, 2.75) is 31.7 Å². The number of benzene rings is 1. The highest BCUT2D eigenvalue weighted by molar-refractivity contribution is 5.85. The third-order valence-electron chi connectivity index (χ3n) is 4.88. The molecule has 1 aromatic rings. The van der Waals surface area contributed by atoms with Crippen molar-refractivity contribution in [3.63, 3.8) is 0 Å². The van der Waals surface area contributed by atoms with Crippen molar-refractivity contribution in [3.8, 4) is 0 Å². The molecule has 3 rings (SSSR count). The van der Waals surface area contributed by atoms with Gasteiger partial charge in [-0.2, -0.15) is 0 Å². The molecular formula is C17H27ClN2O. The van der Waals surface area contributed by atoms with Crippen LogP contribution in [0, 0.1) is 5.92 Å². The van der Waals surface area contributed by atoms with E-state index in [0.717, 1.165) is 32.1 Å². The predicted octanol–water partition coefficient (Wildman–Crippen LogP) is 2.39. The molecule has 1 aliphatic carbocycles. The molecule has 2 N–H and O–H groups in total. The Morgan fingerprint density at radius 2 is 1.90 bits per heavy atom. The summed E-state index contributed by atoms with van der Waals surface area (Å²) in [4.78, 5) is 2.53. The van der Waals surface area contributed by atoms with E-state index in [0.29, 0.717) is 6.04 Å². The van der Waals surface area contributed by atoms with E-state index in [1.54, 1.807) is 0 Å². The van der Waals surface area contributed by atoms with E-state index >= 15 is 0 Å². The Morgan fingerprint density at radius 1 is 1.14 bits per heavy atom. The summed E-state index contributed by atoms with van der Waals surface area (Å²) in [5.74, 6) is 0.788. The first-order valence-corrected chi connectivity index (χ1v) is 8.02. The molecule has 21 heavy (non-hydrogen) atoms. The fraction of sp³-hybridized carbons (Fsp3) is 0.647. The van der Waals surface area contributed by atoms with Gasteiger partial charge in [0.15, 0.2) is 0 Å². The maximum atomic E-state index is 9.42. The fourth-order valence-electron chi connectivity index (χ4n) is 3.81. The summed E-state index contributed by atoms with van der Waals surface area (Å²) in [5, 5.41) is 12.9. The quantitative estimate of drug-likeness (QED) is 0.876. The number of hydrogen-bond donors (Lipinski definition) is 2. The van der Waals surface area contributed by atoms with Crippen LogP contribution in [0.1, 0.15) is 36.4 Å². The van der Waals surface area contributed by atoms with Gasteiger partial charge in [-0.3, -0.25) is 4.90 Å². The minimum Gasteiger partial charge on any atom is -0.395 e. The van der Waals surface area contributed by atoms with Crippen LogP contribution in [0.25, 0.3) is 0 Å². The Bertz CT molecular complexity index is 435. The van der Waals surface area contributed by atoms with Crippen LogP contribution < -0.4 is 5.32 Å². The zero-order valence-corrected chi connectivity index (χ0v) is 13.4. The van der Waals surface area contributed by atoms with Crippen molar-refractivity contribution in [2.75, 3.05) is 32.8 Å². The van der Waals surface area contributed by atoms with Crippen LogP contribution in [0.3, 0.4) is 0 Å². The number of nitrogens with zero attached hydrogens (tertiary/aromatic N) is 1. The van der Waals surface area contributed by atoms with E-state index in [2.05, 4.69) is 34.5 Å². The average Bonchev–Trinajstić information content (AvgIpc) is 2.92. The van der Waals surface area contributed by atoms with E-state index in [-0.39, 0.29) is 19.0 Å². The Morgan fingerprint density at radius 3 is 2.67 bits per heavy atom. The third kappa shape index (κ3) is 3.98. The highest BCUT2D eigenvalue weighted by atomic mass is 35.5. The first-order chi connectivity index (χ1) is 9.88. The van der Waals surface area contributed by atoms with Crippen molar-refractivity contribution in [3.05, 3.63) is 35.4 Å². The topological polar surface area (TPSA) is 35.5 Å². The van der Waals surface area contributed by atoms with Gasteiger partial charge >= 0.3 is 0 Å². The fourth-order valence-corrected chi connectivity index (χ4v) is 3.81. The van der Waals surface area contributed by atoms with Crippen LogP contribution in [-0.4, -0.2) is 42.8 Å². The Hall–Kier alpha value is -0.610. The van der Waals surface area contributed by atoms with Gasteiger partial charge in [0.25, 0.3) is 0 Å². The SMILES string of the molecule is Cl.OCCN(CC1CCNCC1)C1CCc2ccccc21. The second kappa shape index (κ2) is 8.14. The zero-order chi connectivity index (χ0) is 13.8. The molecule has 1 unspecified atom stereocenters. The summed E-state index contributed by atoms with van der Waals surface area (Å²) in [7, 11) is 0. The number of rotatable bonds is 5. The second-order valence-corrected chi connectivity index (χ2v) is 6.17. The molecule has 0 radical (unpaired) electrons. The standard InChI is InChI=1S/C17H26N2O.ClH/c20-12-11-19(13-14-7-9-18-10-8-14)17-6-5-15-3-1-2-4-16(15)17;/h1-4,14,17-18,20H,5-13H2;1H. The number of aryl methyl sites for hydroxylation is 1. The van der Waals surface area contributed by atoms with Crippen molar-refractivity contribution < 1.29 is 5.11 Å². The lowest BCUT2D eigenvalue weighted by molar-refractivity contribution is 0.120. The van der Waals surface area contributed by atoms with Gasteiger partial charge < -0.3 is 10.4 Å². The predicted molar refractivity (Wildman–Crippen MR) is 89.0 cm³/mol. The summed E-state index contributed by atoms with van der Waals surface area (Å²) in [5.41, 5.74) is 3.00. The monoisotopic (exact) mass is 310 g/mol. The van der Waals surface area contributed by atoms with E-state index in [1.165, 1.54) is 36.8 Å². The van der Waals surface area contributed by atoms with Crippen molar-refractivity contribution in [1.82, 2.24) is 10.2 Å². The minimum atomic E-state index is 0. The Balaban J connectivity index is 0.00000161. The molecule has 2 aliphatic rings. The van der Waals surface area contributed by atoms with Gasteiger partial charge in [-0.1, -0.05) is 24.3 Å². The molecular weight excluding hydrogens is 284 g/mol. The number of halogens is 1. The number of piperidine rings is 1. The number of aliphatic hydroxyl groups excluding tert-OH is 1. The van der Waals surface area contributed by atoms with Crippen molar-refractivity contribution >= 4 is 12.4 Å². The summed E-state index contributed by atoms with van der Waals surface area (Å²) in [6.07, 6.45) is 4.95. The molecule has 0 aromatic heterocycles. The molecule has 1 saturated heterocycles. The molecule has 0 spiro atoms. The molecule has 118 valence electrons. The highest BCUT2D eigenvalue weighted by Crippen LogP contribution is 2.36. The first kappa shape index (κ1) is 16.8. The molecule has 1 atom stereocenters. The first-order valence-electron chi connectivity index (χ1n) is 8.02. The lowest BCUT2D eigenvalue weighted by atomic mass is 9.96. The van der Waals surface area contributed by atoms with Crippen LogP contribution in [0.4, 0.5) is 0 Å². The van der Waals surface area contributed by atoms with Gasteiger partial charge in [0.2, 0.25) is 0 Å². The lowest BCUT2D eigenvalue weighted by Gasteiger charge is -2.34. The summed E-state index contributed by atoms with van der Waals surface area (Å²) >= 11 is 0. The highest BCUT2D eigenvalue weighted by Gasteiger charge is 2.29. The second-order valence-electron chi connectivity index (χ2n) is 6.17. The number of fused-ring (bicyclic) bond motifs is 1. The maximum Gasteiger partial charge on any atom is 0.0558 e. The lowest BCUT2D eigenvalue weighted by Crippen LogP contribution is -2.39. The molecule has 0 saturated carbocycles. The average molecular weight is 311 g/mol. The number of hydrogen-bond acceptors (Lipinski definition) is 3. The van der Waals surface area contributed by atoms with Crippen molar-refractivity contribution in [2.24, 2.45) is 5.92 Å². The van der Waals surface area contributed by atoms with Crippen molar-refractivity contribution in [1.29, 1.82) is 0 Å². The molecule has 1 aliphatic heterocycles. The van der Waals surface area contributed by atoms with Crippen LogP contribution in [0.15, 0.2) is 24.3 Å². The largest absolute Gasteiger partial charge is 0.395 e. The maximum absolute atomic E-state index is 9.42. The smallest absolute Gasteiger partial charge is 0.0558 e. The van der Waals surface area contributed by atoms with E-state index < -0.39 is 0 Å². The van der Waals surface area contributed by atoms with Gasteiger partial charge in [-0.05, 0) is 55.8 Å². The van der Waals surface area contributed by atoms with Gasteiger partial charge in [0.05, 0.1) is 6.61 Å². The van der Waals surface area contributed by atoms with Crippen LogP contribution >= 0.6 is 12.4 Å². The normalized spacial score (nSPS) is 22.1. The van der Waals surface area contributed by atoms with Gasteiger partial charge in [-0.25, -0.2) is 0 Å². The third-order valence-corrected chi connectivity index (χ3v) is 4.88.